The molecule has 26 heavy (non-hydrogen) atoms. The van der Waals surface area contributed by atoms with E-state index in [-0.39, 0.29) is 5.91 Å². The zero-order valence-corrected chi connectivity index (χ0v) is 14.6. The summed E-state index contributed by atoms with van der Waals surface area (Å²) in [6.45, 7) is 1.08. The van der Waals surface area contributed by atoms with E-state index in [0.717, 1.165) is 32.4 Å². The first-order valence-corrected chi connectivity index (χ1v) is 8.89. The summed E-state index contributed by atoms with van der Waals surface area (Å²) in [7, 11) is 0. The summed E-state index contributed by atoms with van der Waals surface area (Å²) in [6.07, 6.45) is 3.05. The molecule has 0 bridgehead atoms. The van der Waals surface area contributed by atoms with E-state index in [1.807, 2.05) is 11.0 Å². The van der Waals surface area contributed by atoms with Crippen LogP contribution in [0.5, 0.6) is 5.75 Å². The van der Waals surface area contributed by atoms with Crippen molar-refractivity contribution in [3.63, 3.8) is 0 Å². The lowest BCUT2D eigenvalue weighted by atomic mass is 9.90. The van der Waals surface area contributed by atoms with Crippen LogP contribution in [0.1, 0.15) is 28.8 Å². The SMILES string of the molecule is O=C(O)COc1cccc(C(=O)N2CCC(Cc3ccccc3)CC2)c1. The fraction of sp³-hybridized carbons (Fsp3) is 0.333. The van der Waals surface area contributed by atoms with Crippen molar-refractivity contribution in [3.8, 4) is 5.75 Å². The molecule has 0 saturated carbocycles. The van der Waals surface area contributed by atoms with Crippen LogP contribution < -0.4 is 4.74 Å². The molecule has 5 nitrogen and oxygen atoms in total. The molecule has 2 aromatic rings. The first-order chi connectivity index (χ1) is 12.6. The predicted molar refractivity (Wildman–Crippen MR) is 98.3 cm³/mol. The first kappa shape index (κ1) is 18.0. The summed E-state index contributed by atoms with van der Waals surface area (Å²) in [4.78, 5) is 25.2. The number of likely N-dealkylation sites (tertiary alicyclic amines) is 1. The number of rotatable bonds is 6. The van der Waals surface area contributed by atoms with Crippen molar-refractivity contribution in [2.75, 3.05) is 19.7 Å². The number of carboxylic acid groups (broad SMARTS) is 1. The maximum Gasteiger partial charge on any atom is 0.341 e. The number of ether oxygens (including phenoxy) is 1. The van der Waals surface area contributed by atoms with Gasteiger partial charge in [-0.3, -0.25) is 4.79 Å². The van der Waals surface area contributed by atoms with Gasteiger partial charge in [0.1, 0.15) is 5.75 Å². The van der Waals surface area contributed by atoms with Crippen molar-refractivity contribution in [1.29, 1.82) is 0 Å². The molecule has 2 aromatic carbocycles. The third-order valence-electron chi connectivity index (χ3n) is 4.71. The van der Waals surface area contributed by atoms with E-state index in [2.05, 4.69) is 24.3 Å². The number of carboxylic acids is 1. The van der Waals surface area contributed by atoms with Crippen LogP contribution in [0, 0.1) is 5.92 Å². The van der Waals surface area contributed by atoms with Crippen LogP contribution in [-0.4, -0.2) is 41.6 Å². The standard InChI is InChI=1S/C21H23NO4/c23-20(24)15-26-19-8-4-7-18(14-19)21(25)22-11-9-17(10-12-22)13-16-5-2-1-3-6-16/h1-8,14,17H,9-13,15H2,(H,23,24). The Morgan fingerprint density at radius 2 is 1.77 bits per heavy atom. The molecule has 1 aliphatic rings. The molecule has 0 unspecified atom stereocenters. The van der Waals surface area contributed by atoms with E-state index in [9.17, 15) is 9.59 Å². The molecule has 136 valence electrons. The van der Waals surface area contributed by atoms with Gasteiger partial charge in [-0.15, -0.1) is 0 Å². The average molecular weight is 353 g/mol. The summed E-state index contributed by atoms with van der Waals surface area (Å²) in [6, 6.07) is 17.2. The van der Waals surface area contributed by atoms with Crippen molar-refractivity contribution < 1.29 is 19.4 Å². The van der Waals surface area contributed by atoms with Crippen molar-refractivity contribution in [3.05, 3.63) is 65.7 Å². The Morgan fingerprint density at radius 1 is 1.04 bits per heavy atom. The van der Waals surface area contributed by atoms with E-state index >= 15 is 0 Å². The van der Waals surface area contributed by atoms with Gasteiger partial charge in [0.2, 0.25) is 0 Å². The molecule has 1 saturated heterocycles. The van der Waals surface area contributed by atoms with Crippen molar-refractivity contribution in [1.82, 2.24) is 4.90 Å². The highest BCUT2D eigenvalue weighted by atomic mass is 16.5. The van der Waals surface area contributed by atoms with Crippen LogP contribution in [0.15, 0.2) is 54.6 Å². The van der Waals surface area contributed by atoms with E-state index in [0.29, 0.717) is 17.2 Å². The van der Waals surface area contributed by atoms with Gasteiger partial charge in [-0.2, -0.15) is 0 Å². The lowest BCUT2D eigenvalue weighted by Gasteiger charge is -2.32. The Morgan fingerprint density at radius 3 is 2.46 bits per heavy atom. The minimum Gasteiger partial charge on any atom is -0.482 e. The van der Waals surface area contributed by atoms with Gasteiger partial charge in [-0.1, -0.05) is 36.4 Å². The van der Waals surface area contributed by atoms with E-state index in [4.69, 9.17) is 9.84 Å². The van der Waals surface area contributed by atoms with E-state index in [1.165, 1.54) is 5.56 Å². The number of hydrogen-bond acceptors (Lipinski definition) is 3. The van der Waals surface area contributed by atoms with Gasteiger partial charge in [-0.25, -0.2) is 4.79 Å². The minimum atomic E-state index is -1.04. The first-order valence-electron chi connectivity index (χ1n) is 8.89. The van der Waals surface area contributed by atoms with Crippen LogP contribution in [0.2, 0.25) is 0 Å². The van der Waals surface area contributed by atoms with Crippen molar-refractivity contribution in [2.45, 2.75) is 19.3 Å². The number of amides is 1. The lowest BCUT2D eigenvalue weighted by Crippen LogP contribution is -2.38. The lowest BCUT2D eigenvalue weighted by molar-refractivity contribution is -0.139. The third-order valence-corrected chi connectivity index (χ3v) is 4.71. The second-order valence-electron chi connectivity index (χ2n) is 6.64. The number of carbonyl (C=O) groups is 2. The maximum absolute atomic E-state index is 12.7. The van der Waals surface area contributed by atoms with Gasteiger partial charge in [0.05, 0.1) is 0 Å². The van der Waals surface area contributed by atoms with Gasteiger partial charge in [0.15, 0.2) is 6.61 Å². The molecule has 1 fully saturated rings. The normalized spacial score (nSPS) is 14.8. The fourth-order valence-electron chi connectivity index (χ4n) is 3.33. The number of piperidine rings is 1. The quantitative estimate of drug-likeness (QED) is 0.866. The zero-order chi connectivity index (χ0) is 18.4. The van der Waals surface area contributed by atoms with Gasteiger partial charge in [0.25, 0.3) is 5.91 Å². The zero-order valence-electron chi connectivity index (χ0n) is 14.6. The molecular weight excluding hydrogens is 330 g/mol. The molecule has 5 heteroatoms. The second kappa shape index (κ2) is 8.52. The average Bonchev–Trinajstić information content (AvgIpc) is 2.67. The smallest absolute Gasteiger partial charge is 0.341 e. The van der Waals surface area contributed by atoms with E-state index < -0.39 is 12.6 Å². The van der Waals surface area contributed by atoms with Crippen molar-refractivity contribution in [2.24, 2.45) is 5.92 Å². The highest BCUT2D eigenvalue weighted by Gasteiger charge is 2.24. The van der Waals surface area contributed by atoms with Gasteiger partial charge < -0.3 is 14.7 Å². The summed E-state index contributed by atoms with van der Waals surface area (Å²) in [5.41, 5.74) is 1.88. The molecule has 1 heterocycles. The van der Waals surface area contributed by atoms with Crippen LogP contribution in [-0.2, 0) is 11.2 Å². The number of aliphatic carboxylic acids is 1. The summed E-state index contributed by atoms with van der Waals surface area (Å²) in [5.74, 6) is -0.0601. The van der Waals surface area contributed by atoms with Crippen LogP contribution in [0.25, 0.3) is 0 Å². The predicted octanol–water partition coefficient (Wildman–Crippen LogP) is 3.24. The molecule has 0 spiro atoms. The monoisotopic (exact) mass is 353 g/mol. The number of nitrogens with zero attached hydrogens (tertiary/aromatic N) is 1. The van der Waals surface area contributed by atoms with Crippen LogP contribution in [0.3, 0.4) is 0 Å². The van der Waals surface area contributed by atoms with Gasteiger partial charge in [-0.05, 0) is 48.9 Å². The number of carbonyl (C=O) groups excluding carboxylic acids is 1. The molecule has 1 aliphatic heterocycles. The van der Waals surface area contributed by atoms with Crippen molar-refractivity contribution >= 4 is 11.9 Å². The third kappa shape index (κ3) is 4.85. The summed E-state index contributed by atoms with van der Waals surface area (Å²) in [5, 5.41) is 8.69. The molecule has 1 N–H and O–H groups in total. The van der Waals surface area contributed by atoms with Crippen LogP contribution in [0.4, 0.5) is 0 Å². The number of benzene rings is 2. The Hall–Kier alpha value is -2.82. The van der Waals surface area contributed by atoms with Crippen LogP contribution >= 0.6 is 0 Å². The highest BCUT2D eigenvalue weighted by Crippen LogP contribution is 2.23. The maximum atomic E-state index is 12.7. The molecule has 0 aromatic heterocycles. The molecule has 0 aliphatic carbocycles. The molecule has 0 atom stereocenters. The molecule has 1 amide bonds. The summed E-state index contributed by atoms with van der Waals surface area (Å²) >= 11 is 0. The second-order valence-corrected chi connectivity index (χ2v) is 6.64. The molecule has 0 radical (unpaired) electrons. The number of hydrogen-bond donors (Lipinski definition) is 1. The molecular formula is C21H23NO4. The van der Waals surface area contributed by atoms with Gasteiger partial charge in [0, 0.05) is 18.7 Å². The Balaban J connectivity index is 1.55. The van der Waals surface area contributed by atoms with Gasteiger partial charge >= 0.3 is 5.97 Å². The molecule has 3 rings (SSSR count). The van der Waals surface area contributed by atoms with E-state index in [1.54, 1.807) is 24.3 Å². The summed E-state index contributed by atoms with van der Waals surface area (Å²) < 4.78 is 5.16. The topological polar surface area (TPSA) is 66.8 Å². The highest BCUT2D eigenvalue weighted by molar-refractivity contribution is 5.94. The largest absolute Gasteiger partial charge is 0.482 e. The Bertz CT molecular complexity index is 752. The minimum absolute atomic E-state index is 0.0241. The Kier molecular flexibility index (Phi) is 5.89. The fourth-order valence-corrected chi connectivity index (χ4v) is 3.33. The Labute approximate surface area is 153 Å².